The molecule has 2 heterocycles. The van der Waals surface area contributed by atoms with Gasteiger partial charge in [-0.1, -0.05) is 12.1 Å². The molecular weight excluding hydrogens is 319 g/mol. The van der Waals surface area contributed by atoms with Crippen molar-refractivity contribution in [1.82, 2.24) is 15.1 Å². The van der Waals surface area contributed by atoms with Crippen molar-refractivity contribution in [3.63, 3.8) is 0 Å². The van der Waals surface area contributed by atoms with Crippen molar-refractivity contribution in [2.75, 3.05) is 19.6 Å². The van der Waals surface area contributed by atoms with Crippen LogP contribution in [0, 0.1) is 0 Å². The fourth-order valence-corrected chi connectivity index (χ4v) is 3.21. The largest absolute Gasteiger partial charge is 0.416 e. The minimum absolute atomic E-state index is 0.307. The van der Waals surface area contributed by atoms with E-state index in [0.29, 0.717) is 18.0 Å². The second kappa shape index (κ2) is 6.94. The van der Waals surface area contributed by atoms with E-state index in [0.717, 1.165) is 38.1 Å². The number of aliphatic hydroxyl groups excluding tert-OH is 1. The molecule has 1 fully saturated rings. The molecule has 0 spiro atoms. The predicted octanol–water partition coefficient (Wildman–Crippen LogP) is 3.34. The topological polar surface area (TPSA) is 52.1 Å². The average Bonchev–Trinajstić information content (AvgIpc) is 3.09. The van der Waals surface area contributed by atoms with Gasteiger partial charge in [-0.15, -0.1) is 0 Å². The van der Waals surface area contributed by atoms with Gasteiger partial charge in [0.2, 0.25) is 0 Å². The molecule has 4 nitrogen and oxygen atoms in total. The molecular formula is C17H20F3N3O. The van der Waals surface area contributed by atoms with Crippen LogP contribution in [-0.2, 0) is 6.18 Å². The Bertz CT molecular complexity index is 649. The molecule has 24 heavy (non-hydrogen) atoms. The molecule has 1 unspecified atom stereocenters. The predicted molar refractivity (Wildman–Crippen MR) is 83.4 cm³/mol. The zero-order valence-corrected chi connectivity index (χ0v) is 13.1. The van der Waals surface area contributed by atoms with Crippen LogP contribution in [-0.4, -0.2) is 39.8 Å². The Kier molecular flexibility index (Phi) is 4.91. The summed E-state index contributed by atoms with van der Waals surface area (Å²) in [6.07, 6.45) is 0.329. The summed E-state index contributed by atoms with van der Waals surface area (Å²) in [5, 5.41) is 17.1. The van der Waals surface area contributed by atoms with Gasteiger partial charge in [-0.2, -0.15) is 18.3 Å². The SMILES string of the molecule is OC(CN1CCC(c2cn[nH]c2)CC1)c1cccc(C(F)(F)F)c1. The van der Waals surface area contributed by atoms with Crippen molar-refractivity contribution in [2.24, 2.45) is 0 Å². The lowest BCUT2D eigenvalue weighted by Gasteiger charge is -2.33. The molecule has 2 aromatic rings. The van der Waals surface area contributed by atoms with Gasteiger partial charge in [0.05, 0.1) is 17.9 Å². The Labute approximate surface area is 138 Å². The number of hydrogen-bond donors (Lipinski definition) is 2. The van der Waals surface area contributed by atoms with Gasteiger partial charge in [-0.05, 0) is 55.1 Å². The van der Waals surface area contributed by atoms with Gasteiger partial charge in [0, 0.05) is 12.7 Å². The van der Waals surface area contributed by atoms with E-state index in [4.69, 9.17) is 0 Å². The summed E-state index contributed by atoms with van der Waals surface area (Å²) >= 11 is 0. The molecule has 1 atom stereocenters. The van der Waals surface area contributed by atoms with E-state index < -0.39 is 17.8 Å². The highest BCUT2D eigenvalue weighted by Gasteiger charge is 2.31. The lowest BCUT2D eigenvalue weighted by Crippen LogP contribution is -2.36. The number of halogens is 3. The van der Waals surface area contributed by atoms with E-state index in [2.05, 4.69) is 15.1 Å². The molecule has 1 aromatic heterocycles. The van der Waals surface area contributed by atoms with Crippen LogP contribution in [0.3, 0.4) is 0 Å². The average molecular weight is 339 g/mol. The lowest BCUT2D eigenvalue weighted by atomic mass is 9.91. The Hall–Kier alpha value is -1.86. The van der Waals surface area contributed by atoms with Crippen molar-refractivity contribution in [2.45, 2.75) is 31.0 Å². The van der Waals surface area contributed by atoms with E-state index in [1.165, 1.54) is 17.7 Å². The third kappa shape index (κ3) is 3.96. The molecule has 2 N–H and O–H groups in total. The number of β-amino-alcohol motifs (C(OH)–C–C–N with tert-alkyl or cyclic N) is 1. The summed E-state index contributed by atoms with van der Waals surface area (Å²) in [7, 11) is 0. The number of hydrogen-bond acceptors (Lipinski definition) is 3. The second-order valence-electron chi connectivity index (χ2n) is 6.25. The normalized spacial score (nSPS) is 18.7. The molecule has 7 heteroatoms. The van der Waals surface area contributed by atoms with Crippen LogP contribution in [0.25, 0.3) is 0 Å². The van der Waals surface area contributed by atoms with Crippen molar-refractivity contribution in [1.29, 1.82) is 0 Å². The summed E-state index contributed by atoms with van der Waals surface area (Å²) in [5.74, 6) is 0.450. The Morgan fingerprint density at radius 1 is 1.29 bits per heavy atom. The zero-order valence-electron chi connectivity index (χ0n) is 13.1. The van der Waals surface area contributed by atoms with Gasteiger partial charge in [0.1, 0.15) is 0 Å². The maximum absolute atomic E-state index is 12.8. The van der Waals surface area contributed by atoms with Gasteiger partial charge in [0.25, 0.3) is 0 Å². The van der Waals surface area contributed by atoms with Crippen LogP contribution in [0.4, 0.5) is 13.2 Å². The van der Waals surface area contributed by atoms with Gasteiger partial charge in [0.15, 0.2) is 0 Å². The van der Waals surface area contributed by atoms with E-state index in [9.17, 15) is 18.3 Å². The highest BCUT2D eigenvalue weighted by molar-refractivity contribution is 5.27. The first-order valence-electron chi connectivity index (χ1n) is 8.00. The summed E-state index contributed by atoms with van der Waals surface area (Å²) in [6.45, 7) is 1.97. The number of nitrogens with one attached hydrogen (secondary N) is 1. The summed E-state index contributed by atoms with van der Waals surface area (Å²) in [4.78, 5) is 2.10. The van der Waals surface area contributed by atoms with E-state index in [1.807, 2.05) is 12.4 Å². The first-order chi connectivity index (χ1) is 11.4. The Balaban J connectivity index is 1.57. The highest BCUT2D eigenvalue weighted by atomic mass is 19.4. The first kappa shape index (κ1) is 17.0. The molecule has 0 bridgehead atoms. The van der Waals surface area contributed by atoms with Crippen LogP contribution in [0.1, 0.15) is 41.6 Å². The zero-order chi connectivity index (χ0) is 17.2. The molecule has 0 amide bonds. The molecule has 0 radical (unpaired) electrons. The number of nitrogens with zero attached hydrogens (tertiary/aromatic N) is 2. The number of likely N-dealkylation sites (tertiary alicyclic amines) is 1. The third-order valence-electron chi connectivity index (χ3n) is 4.61. The number of benzene rings is 1. The molecule has 1 aromatic carbocycles. The van der Waals surface area contributed by atoms with Gasteiger partial charge >= 0.3 is 6.18 Å². The van der Waals surface area contributed by atoms with Crippen molar-refractivity contribution in [3.05, 3.63) is 53.3 Å². The van der Waals surface area contributed by atoms with Crippen LogP contribution in [0.2, 0.25) is 0 Å². The smallest absolute Gasteiger partial charge is 0.387 e. The fourth-order valence-electron chi connectivity index (χ4n) is 3.21. The minimum atomic E-state index is -4.39. The molecule has 1 aliphatic heterocycles. The second-order valence-corrected chi connectivity index (χ2v) is 6.25. The van der Waals surface area contributed by atoms with E-state index in [-0.39, 0.29) is 0 Å². The van der Waals surface area contributed by atoms with Crippen LogP contribution in [0.15, 0.2) is 36.7 Å². The maximum Gasteiger partial charge on any atom is 0.416 e. The van der Waals surface area contributed by atoms with Crippen LogP contribution >= 0.6 is 0 Å². The molecule has 0 aliphatic carbocycles. The highest BCUT2D eigenvalue weighted by Crippen LogP contribution is 2.32. The molecule has 3 rings (SSSR count). The monoisotopic (exact) mass is 339 g/mol. The van der Waals surface area contributed by atoms with Gasteiger partial charge in [-0.25, -0.2) is 0 Å². The number of alkyl halides is 3. The van der Waals surface area contributed by atoms with Crippen LogP contribution in [0.5, 0.6) is 0 Å². The fraction of sp³-hybridized carbons (Fsp3) is 0.471. The Morgan fingerprint density at radius 3 is 2.67 bits per heavy atom. The maximum atomic E-state index is 12.8. The molecule has 1 aliphatic rings. The number of aromatic amines is 1. The molecule has 1 saturated heterocycles. The number of aromatic nitrogens is 2. The van der Waals surface area contributed by atoms with Crippen molar-refractivity contribution in [3.8, 4) is 0 Å². The number of piperidine rings is 1. The van der Waals surface area contributed by atoms with Gasteiger partial charge in [-0.3, -0.25) is 5.10 Å². The van der Waals surface area contributed by atoms with Crippen molar-refractivity contribution < 1.29 is 18.3 Å². The number of H-pyrrole nitrogens is 1. The summed E-state index contributed by atoms with van der Waals surface area (Å²) in [6, 6.07) is 4.93. The number of aliphatic hydroxyl groups is 1. The lowest BCUT2D eigenvalue weighted by molar-refractivity contribution is -0.137. The number of rotatable bonds is 4. The third-order valence-corrected chi connectivity index (χ3v) is 4.61. The summed E-state index contributed by atoms with van der Waals surface area (Å²) < 4.78 is 38.3. The molecule has 130 valence electrons. The Morgan fingerprint density at radius 2 is 2.04 bits per heavy atom. The van der Waals surface area contributed by atoms with E-state index in [1.54, 1.807) is 0 Å². The summed E-state index contributed by atoms with van der Waals surface area (Å²) in [5.41, 5.74) is 0.771. The first-order valence-corrected chi connectivity index (χ1v) is 8.00. The van der Waals surface area contributed by atoms with Gasteiger partial charge < -0.3 is 10.0 Å². The van der Waals surface area contributed by atoms with Crippen molar-refractivity contribution >= 4 is 0 Å². The minimum Gasteiger partial charge on any atom is -0.387 e. The van der Waals surface area contributed by atoms with E-state index >= 15 is 0 Å². The van der Waals surface area contributed by atoms with Crippen LogP contribution < -0.4 is 0 Å². The standard InChI is InChI=1S/C17H20F3N3O/c18-17(19,20)15-3-1-2-13(8-15)16(24)11-23-6-4-12(5-7-23)14-9-21-22-10-14/h1-3,8-10,12,16,24H,4-7,11H2,(H,21,22). The quantitative estimate of drug-likeness (QED) is 0.898. The molecule has 0 saturated carbocycles.